The van der Waals surface area contributed by atoms with Gasteiger partial charge in [0.25, 0.3) is 0 Å². The lowest BCUT2D eigenvalue weighted by Crippen LogP contribution is -2.39. The zero-order valence-corrected chi connectivity index (χ0v) is 13.7. The summed E-state index contributed by atoms with van der Waals surface area (Å²) in [7, 11) is 0. The van der Waals surface area contributed by atoms with E-state index in [4.69, 9.17) is 0 Å². The highest BCUT2D eigenvalue weighted by molar-refractivity contribution is 4.69. The summed E-state index contributed by atoms with van der Waals surface area (Å²) in [5.41, 5.74) is 0. The minimum Gasteiger partial charge on any atom is -0.298 e. The van der Waals surface area contributed by atoms with Gasteiger partial charge in [0, 0.05) is 12.1 Å². The second-order valence-electron chi connectivity index (χ2n) is 6.06. The Hall–Kier alpha value is -0.0400. The van der Waals surface area contributed by atoms with Crippen LogP contribution in [0.3, 0.4) is 0 Å². The van der Waals surface area contributed by atoms with E-state index in [9.17, 15) is 0 Å². The minimum absolute atomic E-state index is 0.699. The van der Waals surface area contributed by atoms with E-state index in [-0.39, 0.29) is 0 Å². The minimum atomic E-state index is 0.699. The molecule has 0 saturated heterocycles. The Bertz CT molecular complexity index is 165. The van der Waals surface area contributed by atoms with Crippen LogP contribution in [-0.2, 0) is 0 Å². The number of hydrogen-bond acceptors (Lipinski definition) is 1. The van der Waals surface area contributed by atoms with Crippen LogP contribution in [0.2, 0.25) is 0 Å². The quantitative estimate of drug-likeness (QED) is 0.408. The number of rotatable bonds is 12. The van der Waals surface area contributed by atoms with Gasteiger partial charge in [-0.1, -0.05) is 58.8 Å². The Labute approximate surface area is 116 Å². The average Bonchev–Trinajstić information content (AvgIpc) is 2.35. The van der Waals surface area contributed by atoms with Gasteiger partial charge in [-0.25, -0.2) is 0 Å². The van der Waals surface area contributed by atoms with Crippen LogP contribution >= 0.6 is 0 Å². The fourth-order valence-electron chi connectivity index (χ4n) is 2.65. The van der Waals surface area contributed by atoms with E-state index in [0.717, 1.165) is 6.04 Å². The van der Waals surface area contributed by atoms with Crippen molar-refractivity contribution in [1.29, 1.82) is 0 Å². The van der Waals surface area contributed by atoms with E-state index >= 15 is 0 Å². The molecule has 0 rings (SSSR count). The average molecular weight is 255 g/mol. The summed E-state index contributed by atoms with van der Waals surface area (Å²) < 4.78 is 0. The third kappa shape index (κ3) is 8.97. The molecule has 0 aliphatic carbocycles. The Morgan fingerprint density at radius 3 is 1.67 bits per heavy atom. The molecule has 0 bridgehead atoms. The molecular formula is C17H37N. The zero-order valence-electron chi connectivity index (χ0n) is 13.7. The van der Waals surface area contributed by atoms with Crippen molar-refractivity contribution in [2.24, 2.45) is 0 Å². The summed E-state index contributed by atoms with van der Waals surface area (Å²) in [5.74, 6) is 0. The molecule has 0 heterocycles. The van der Waals surface area contributed by atoms with Crippen molar-refractivity contribution in [3.05, 3.63) is 0 Å². The van der Waals surface area contributed by atoms with Gasteiger partial charge in [-0.2, -0.15) is 0 Å². The van der Waals surface area contributed by atoms with Gasteiger partial charge < -0.3 is 0 Å². The molecule has 1 heteroatoms. The molecule has 0 saturated carbocycles. The standard InChI is InChI=1S/C17H37N/c1-6-8-9-10-11-12-13-14-15-18(16(3)4)17(5)7-2/h16-17H,6-15H2,1-5H3. The van der Waals surface area contributed by atoms with Crippen molar-refractivity contribution in [1.82, 2.24) is 4.90 Å². The molecular weight excluding hydrogens is 218 g/mol. The molecule has 0 aromatic heterocycles. The predicted octanol–water partition coefficient (Wildman–Crippen LogP) is 5.64. The van der Waals surface area contributed by atoms with Crippen molar-refractivity contribution in [3.63, 3.8) is 0 Å². The van der Waals surface area contributed by atoms with Crippen molar-refractivity contribution in [2.75, 3.05) is 6.54 Å². The SMILES string of the molecule is CCCCCCCCCCN(C(C)C)C(C)CC. The Kier molecular flexibility index (Phi) is 12.0. The Balaban J connectivity index is 3.50. The molecule has 0 aromatic carbocycles. The lowest BCUT2D eigenvalue weighted by molar-refractivity contribution is 0.156. The van der Waals surface area contributed by atoms with Crippen LogP contribution in [0.5, 0.6) is 0 Å². The first-order valence-corrected chi connectivity index (χ1v) is 8.39. The number of nitrogens with zero attached hydrogens (tertiary/aromatic N) is 1. The lowest BCUT2D eigenvalue weighted by Gasteiger charge is -2.32. The molecule has 0 N–H and O–H groups in total. The van der Waals surface area contributed by atoms with Gasteiger partial charge in [-0.3, -0.25) is 4.90 Å². The van der Waals surface area contributed by atoms with Crippen molar-refractivity contribution in [2.45, 2.75) is 104 Å². The van der Waals surface area contributed by atoms with E-state index in [1.165, 1.54) is 64.3 Å². The molecule has 0 fully saturated rings. The highest BCUT2D eigenvalue weighted by atomic mass is 15.2. The lowest BCUT2D eigenvalue weighted by atomic mass is 10.1. The first kappa shape index (κ1) is 18.0. The summed E-state index contributed by atoms with van der Waals surface area (Å²) in [6.07, 6.45) is 12.7. The molecule has 1 atom stereocenters. The molecule has 110 valence electrons. The maximum Gasteiger partial charge on any atom is 0.00670 e. The monoisotopic (exact) mass is 255 g/mol. The van der Waals surface area contributed by atoms with Crippen molar-refractivity contribution in [3.8, 4) is 0 Å². The van der Waals surface area contributed by atoms with Crippen LogP contribution in [0.4, 0.5) is 0 Å². The van der Waals surface area contributed by atoms with Gasteiger partial charge in [0.2, 0.25) is 0 Å². The summed E-state index contributed by atoms with van der Waals surface area (Å²) in [5, 5.41) is 0. The van der Waals surface area contributed by atoms with Gasteiger partial charge in [0.15, 0.2) is 0 Å². The highest BCUT2D eigenvalue weighted by Gasteiger charge is 2.14. The van der Waals surface area contributed by atoms with Crippen LogP contribution in [-0.4, -0.2) is 23.5 Å². The van der Waals surface area contributed by atoms with Gasteiger partial charge in [-0.05, 0) is 40.2 Å². The topological polar surface area (TPSA) is 3.24 Å². The van der Waals surface area contributed by atoms with E-state index in [2.05, 4.69) is 39.5 Å². The molecule has 0 spiro atoms. The first-order valence-electron chi connectivity index (χ1n) is 8.39. The van der Waals surface area contributed by atoms with E-state index in [1.54, 1.807) is 0 Å². The molecule has 0 amide bonds. The van der Waals surface area contributed by atoms with Crippen LogP contribution in [0.1, 0.15) is 92.4 Å². The second kappa shape index (κ2) is 12.0. The predicted molar refractivity (Wildman–Crippen MR) is 84.2 cm³/mol. The molecule has 18 heavy (non-hydrogen) atoms. The maximum absolute atomic E-state index is 2.66. The fourth-order valence-corrected chi connectivity index (χ4v) is 2.65. The van der Waals surface area contributed by atoms with E-state index < -0.39 is 0 Å². The first-order chi connectivity index (χ1) is 8.63. The smallest absolute Gasteiger partial charge is 0.00670 e. The third-order valence-corrected chi connectivity index (χ3v) is 4.09. The summed E-state index contributed by atoms with van der Waals surface area (Å²) in [6.45, 7) is 12.9. The van der Waals surface area contributed by atoms with Crippen molar-refractivity contribution >= 4 is 0 Å². The zero-order chi connectivity index (χ0) is 13.8. The normalized spacial score (nSPS) is 13.5. The third-order valence-electron chi connectivity index (χ3n) is 4.09. The number of unbranched alkanes of at least 4 members (excludes halogenated alkanes) is 7. The largest absolute Gasteiger partial charge is 0.298 e. The molecule has 0 aliphatic rings. The van der Waals surface area contributed by atoms with Crippen LogP contribution in [0.25, 0.3) is 0 Å². The van der Waals surface area contributed by atoms with Gasteiger partial charge in [-0.15, -0.1) is 0 Å². The molecule has 0 aromatic rings. The van der Waals surface area contributed by atoms with Gasteiger partial charge in [0.05, 0.1) is 0 Å². The molecule has 0 radical (unpaired) electrons. The second-order valence-corrected chi connectivity index (χ2v) is 6.06. The molecule has 1 unspecified atom stereocenters. The van der Waals surface area contributed by atoms with E-state index in [1.807, 2.05) is 0 Å². The van der Waals surface area contributed by atoms with Crippen molar-refractivity contribution < 1.29 is 0 Å². The summed E-state index contributed by atoms with van der Waals surface area (Å²) in [4.78, 5) is 2.66. The van der Waals surface area contributed by atoms with Gasteiger partial charge >= 0.3 is 0 Å². The number of hydrogen-bond donors (Lipinski definition) is 0. The molecule has 0 aliphatic heterocycles. The van der Waals surface area contributed by atoms with Crippen LogP contribution in [0, 0.1) is 0 Å². The Morgan fingerprint density at radius 2 is 1.22 bits per heavy atom. The highest BCUT2D eigenvalue weighted by Crippen LogP contribution is 2.12. The van der Waals surface area contributed by atoms with E-state index in [0.29, 0.717) is 6.04 Å². The summed E-state index contributed by atoms with van der Waals surface area (Å²) >= 11 is 0. The Morgan fingerprint density at radius 1 is 0.722 bits per heavy atom. The van der Waals surface area contributed by atoms with Crippen LogP contribution in [0.15, 0.2) is 0 Å². The molecule has 1 nitrogen and oxygen atoms in total. The van der Waals surface area contributed by atoms with Crippen LogP contribution < -0.4 is 0 Å². The fraction of sp³-hybridized carbons (Fsp3) is 1.00. The summed E-state index contributed by atoms with van der Waals surface area (Å²) in [6, 6.07) is 1.44. The van der Waals surface area contributed by atoms with Gasteiger partial charge in [0.1, 0.15) is 0 Å². The maximum atomic E-state index is 2.66.